The molecule has 1 aliphatic heterocycles. The van der Waals surface area contributed by atoms with Crippen LogP contribution in [0.3, 0.4) is 0 Å². The average Bonchev–Trinajstić information content (AvgIpc) is 3.00. The summed E-state index contributed by atoms with van der Waals surface area (Å²) in [5, 5.41) is 13.2. The van der Waals surface area contributed by atoms with Crippen LogP contribution in [0.4, 0.5) is 5.69 Å². The Morgan fingerprint density at radius 3 is 2.96 bits per heavy atom. The van der Waals surface area contributed by atoms with Gasteiger partial charge in [-0.05, 0) is 30.5 Å². The van der Waals surface area contributed by atoms with Gasteiger partial charge in [0.15, 0.2) is 11.5 Å². The van der Waals surface area contributed by atoms with Gasteiger partial charge in [0.05, 0.1) is 0 Å². The zero-order valence-corrected chi connectivity index (χ0v) is 14.0. The molecule has 0 saturated heterocycles. The SMILES string of the molecule is Cl.O=C1CCCc2ccc(NC(=O)c3n[nH]c4c3CNCC4)cc21. The lowest BCUT2D eigenvalue weighted by Gasteiger charge is -2.16. The van der Waals surface area contributed by atoms with E-state index in [1.54, 1.807) is 6.07 Å². The molecule has 1 aromatic carbocycles. The molecule has 0 fully saturated rings. The van der Waals surface area contributed by atoms with Crippen LogP contribution in [-0.2, 0) is 19.4 Å². The number of nitrogens with zero attached hydrogens (tertiary/aromatic N) is 1. The second-order valence-electron chi connectivity index (χ2n) is 6.06. The number of aryl methyl sites for hydroxylation is 1. The average molecular weight is 347 g/mol. The number of Topliss-reactive ketones (excluding diaryl/α,β-unsaturated/α-hetero) is 1. The van der Waals surface area contributed by atoms with Crippen molar-refractivity contribution in [2.45, 2.75) is 32.2 Å². The van der Waals surface area contributed by atoms with Crippen molar-refractivity contribution in [1.29, 1.82) is 0 Å². The van der Waals surface area contributed by atoms with Crippen LogP contribution in [0, 0.1) is 0 Å². The van der Waals surface area contributed by atoms with Crippen molar-refractivity contribution in [2.75, 3.05) is 11.9 Å². The summed E-state index contributed by atoms with van der Waals surface area (Å²) in [6.45, 7) is 1.54. The number of carbonyl (C=O) groups is 2. The van der Waals surface area contributed by atoms with Crippen molar-refractivity contribution in [3.8, 4) is 0 Å². The molecule has 0 unspecified atom stereocenters. The van der Waals surface area contributed by atoms with Gasteiger partial charge in [0.25, 0.3) is 5.91 Å². The zero-order chi connectivity index (χ0) is 15.8. The minimum atomic E-state index is -0.241. The molecular formula is C17H19ClN4O2. The molecule has 3 N–H and O–H groups in total. The van der Waals surface area contributed by atoms with Gasteiger partial charge in [0, 0.05) is 48.4 Å². The predicted molar refractivity (Wildman–Crippen MR) is 92.9 cm³/mol. The Bertz CT molecular complexity index is 800. The first kappa shape index (κ1) is 16.7. The summed E-state index contributed by atoms with van der Waals surface area (Å²) in [7, 11) is 0. The van der Waals surface area contributed by atoms with Crippen molar-refractivity contribution < 1.29 is 9.59 Å². The highest BCUT2D eigenvalue weighted by Gasteiger charge is 2.22. The quantitative estimate of drug-likeness (QED) is 0.778. The van der Waals surface area contributed by atoms with Crippen LogP contribution in [0.5, 0.6) is 0 Å². The van der Waals surface area contributed by atoms with Crippen LogP contribution in [0.15, 0.2) is 18.2 Å². The highest BCUT2D eigenvalue weighted by molar-refractivity contribution is 6.05. The number of anilines is 1. The molecule has 2 aliphatic rings. The second-order valence-corrected chi connectivity index (χ2v) is 6.06. The molecule has 0 spiro atoms. The fourth-order valence-corrected chi connectivity index (χ4v) is 3.31. The molecule has 2 heterocycles. The maximum Gasteiger partial charge on any atom is 0.276 e. The number of benzene rings is 1. The van der Waals surface area contributed by atoms with Crippen LogP contribution in [0.2, 0.25) is 0 Å². The van der Waals surface area contributed by atoms with Crippen LogP contribution < -0.4 is 10.6 Å². The lowest BCUT2D eigenvalue weighted by Crippen LogP contribution is -2.25. The molecule has 0 bridgehead atoms. The van der Waals surface area contributed by atoms with Gasteiger partial charge in [-0.1, -0.05) is 6.07 Å². The van der Waals surface area contributed by atoms with E-state index in [1.807, 2.05) is 12.1 Å². The van der Waals surface area contributed by atoms with Crippen molar-refractivity contribution in [2.24, 2.45) is 0 Å². The number of carbonyl (C=O) groups excluding carboxylic acids is 2. The van der Waals surface area contributed by atoms with Crippen LogP contribution in [-0.4, -0.2) is 28.4 Å². The third kappa shape index (κ3) is 2.95. The standard InChI is InChI=1S/C17H18N4O2.ClH/c22-15-3-1-2-10-4-5-11(8-12(10)15)19-17(23)16-13-9-18-7-6-14(13)20-21-16;/h4-5,8,18H,1-3,6-7,9H2,(H,19,23)(H,20,21);1H. The Balaban J connectivity index is 0.00000169. The number of hydrogen-bond donors (Lipinski definition) is 3. The molecular weight excluding hydrogens is 328 g/mol. The smallest absolute Gasteiger partial charge is 0.276 e. The summed E-state index contributed by atoms with van der Waals surface area (Å²) in [6, 6.07) is 5.57. The van der Waals surface area contributed by atoms with Crippen LogP contribution in [0.25, 0.3) is 0 Å². The Morgan fingerprint density at radius 2 is 2.08 bits per heavy atom. The van der Waals surface area contributed by atoms with Gasteiger partial charge in [-0.2, -0.15) is 5.10 Å². The number of hydrogen-bond acceptors (Lipinski definition) is 4. The lowest BCUT2D eigenvalue weighted by molar-refractivity contribution is 0.0970. The molecule has 1 amide bonds. The summed E-state index contributed by atoms with van der Waals surface area (Å²) in [4.78, 5) is 24.5. The van der Waals surface area contributed by atoms with E-state index in [-0.39, 0.29) is 24.1 Å². The molecule has 24 heavy (non-hydrogen) atoms. The Morgan fingerprint density at radius 1 is 1.21 bits per heavy atom. The maximum absolute atomic E-state index is 12.5. The number of aromatic nitrogens is 2. The van der Waals surface area contributed by atoms with E-state index in [4.69, 9.17) is 0 Å². The van der Waals surface area contributed by atoms with E-state index in [0.717, 1.165) is 48.2 Å². The Kier molecular flexibility index (Phi) is 4.69. The van der Waals surface area contributed by atoms with Crippen molar-refractivity contribution in [3.05, 3.63) is 46.3 Å². The molecule has 126 valence electrons. The summed E-state index contributed by atoms with van der Waals surface area (Å²) >= 11 is 0. The van der Waals surface area contributed by atoms with Gasteiger partial charge in [0.1, 0.15) is 0 Å². The first-order valence-corrected chi connectivity index (χ1v) is 7.96. The molecule has 7 heteroatoms. The van der Waals surface area contributed by atoms with Crippen molar-refractivity contribution >= 4 is 29.8 Å². The summed E-state index contributed by atoms with van der Waals surface area (Å²) in [5.41, 5.74) is 4.83. The van der Waals surface area contributed by atoms with Gasteiger partial charge < -0.3 is 10.6 Å². The molecule has 1 aliphatic carbocycles. The number of nitrogens with one attached hydrogen (secondary N) is 3. The second kappa shape index (κ2) is 6.75. The predicted octanol–water partition coefficient (Wildman–Crippen LogP) is 2.25. The fourth-order valence-electron chi connectivity index (χ4n) is 3.31. The Hall–Kier alpha value is -2.18. The van der Waals surface area contributed by atoms with E-state index in [1.165, 1.54) is 0 Å². The van der Waals surface area contributed by atoms with E-state index in [0.29, 0.717) is 24.3 Å². The van der Waals surface area contributed by atoms with Crippen molar-refractivity contribution in [1.82, 2.24) is 15.5 Å². The first-order valence-electron chi connectivity index (χ1n) is 7.96. The maximum atomic E-state index is 12.5. The third-order valence-electron chi connectivity index (χ3n) is 4.54. The van der Waals surface area contributed by atoms with Gasteiger partial charge in [-0.15, -0.1) is 12.4 Å². The molecule has 0 radical (unpaired) electrons. The number of halogens is 1. The first-order chi connectivity index (χ1) is 11.2. The van der Waals surface area contributed by atoms with Gasteiger partial charge in [-0.25, -0.2) is 0 Å². The minimum Gasteiger partial charge on any atom is -0.321 e. The number of H-pyrrole nitrogens is 1. The van der Waals surface area contributed by atoms with E-state index in [9.17, 15) is 9.59 Å². The van der Waals surface area contributed by atoms with E-state index < -0.39 is 0 Å². The zero-order valence-electron chi connectivity index (χ0n) is 13.1. The number of rotatable bonds is 2. The van der Waals surface area contributed by atoms with E-state index >= 15 is 0 Å². The van der Waals surface area contributed by atoms with Gasteiger partial charge in [-0.3, -0.25) is 14.7 Å². The molecule has 1 aromatic heterocycles. The summed E-state index contributed by atoms with van der Waals surface area (Å²) in [5.74, 6) is -0.0851. The number of aromatic amines is 1. The van der Waals surface area contributed by atoms with Crippen LogP contribution >= 0.6 is 12.4 Å². The number of ketones is 1. The third-order valence-corrected chi connectivity index (χ3v) is 4.54. The summed E-state index contributed by atoms with van der Waals surface area (Å²) < 4.78 is 0. The molecule has 6 nitrogen and oxygen atoms in total. The van der Waals surface area contributed by atoms with Gasteiger partial charge in [0.2, 0.25) is 0 Å². The number of amides is 1. The topological polar surface area (TPSA) is 86.9 Å². The fraction of sp³-hybridized carbons (Fsp3) is 0.353. The molecule has 4 rings (SSSR count). The van der Waals surface area contributed by atoms with Crippen LogP contribution in [0.1, 0.15) is 50.5 Å². The van der Waals surface area contributed by atoms with Gasteiger partial charge >= 0.3 is 0 Å². The highest BCUT2D eigenvalue weighted by atomic mass is 35.5. The largest absolute Gasteiger partial charge is 0.321 e. The lowest BCUT2D eigenvalue weighted by atomic mass is 9.90. The normalized spacial score (nSPS) is 15.9. The molecule has 2 aromatic rings. The monoisotopic (exact) mass is 346 g/mol. The minimum absolute atomic E-state index is 0. The molecule has 0 atom stereocenters. The van der Waals surface area contributed by atoms with E-state index in [2.05, 4.69) is 20.8 Å². The molecule has 0 saturated carbocycles. The number of fused-ring (bicyclic) bond motifs is 2. The Labute approximate surface area is 145 Å². The highest BCUT2D eigenvalue weighted by Crippen LogP contribution is 2.25. The summed E-state index contributed by atoms with van der Waals surface area (Å²) in [6.07, 6.45) is 3.27. The van der Waals surface area contributed by atoms with Crippen molar-refractivity contribution in [3.63, 3.8) is 0 Å².